The van der Waals surface area contributed by atoms with Gasteiger partial charge in [-0.1, -0.05) is 13.8 Å². The van der Waals surface area contributed by atoms with Crippen molar-refractivity contribution < 1.29 is 33.0 Å². The number of urea groups is 1. The van der Waals surface area contributed by atoms with Crippen LogP contribution in [0.15, 0.2) is 36.7 Å². The summed E-state index contributed by atoms with van der Waals surface area (Å²) < 4.78 is 43.2. The van der Waals surface area contributed by atoms with Gasteiger partial charge < -0.3 is 20.4 Å². The third-order valence-corrected chi connectivity index (χ3v) is 7.18. The largest absolute Gasteiger partial charge is 0.481 e. The summed E-state index contributed by atoms with van der Waals surface area (Å²) in [7, 11) is 0. The Morgan fingerprint density at radius 2 is 1.79 bits per heavy atom. The van der Waals surface area contributed by atoms with Crippen molar-refractivity contribution in [2.45, 2.75) is 64.1 Å². The quantitative estimate of drug-likeness (QED) is 0.390. The highest BCUT2D eigenvalue weighted by atomic mass is 19.4. The molecule has 1 aliphatic rings. The number of fused-ring (bicyclic) bond motifs is 1. The first kappa shape index (κ1) is 28.3. The Labute approximate surface area is 223 Å². The number of rotatable bonds is 6. The van der Waals surface area contributed by atoms with Gasteiger partial charge in [0.15, 0.2) is 0 Å². The molecular weight excluding hydrogens is 515 g/mol. The summed E-state index contributed by atoms with van der Waals surface area (Å²) in [4.78, 5) is 30.2. The summed E-state index contributed by atoms with van der Waals surface area (Å²) >= 11 is 0. The van der Waals surface area contributed by atoms with Gasteiger partial charge in [0.1, 0.15) is 5.41 Å². The van der Waals surface area contributed by atoms with Crippen molar-refractivity contribution >= 4 is 28.6 Å². The van der Waals surface area contributed by atoms with Crippen molar-refractivity contribution in [2.75, 3.05) is 18.4 Å². The number of aliphatic carboxylic acids is 1. The van der Waals surface area contributed by atoms with Gasteiger partial charge in [-0.05, 0) is 63.3 Å². The van der Waals surface area contributed by atoms with E-state index in [1.807, 2.05) is 13.8 Å². The molecule has 1 saturated heterocycles. The molecule has 2 aromatic heterocycles. The first-order chi connectivity index (χ1) is 18.1. The number of carbonyl (C=O) groups excluding carboxylic acids is 1. The van der Waals surface area contributed by atoms with Gasteiger partial charge in [0, 0.05) is 24.2 Å². The molecular formula is C27H32F3N5O4. The molecule has 1 aromatic carbocycles. The fourth-order valence-corrected chi connectivity index (χ4v) is 4.92. The highest BCUT2D eigenvalue weighted by Crippen LogP contribution is 2.38. The zero-order chi connectivity index (χ0) is 28.8. The number of anilines is 1. The van der Waals surface area contributed by atoms with E-state index in [2.05, 4.69) is 15.4 Å². The van der Waals surface area contributed by atoms with Crippen molar-refractivity contribution in [1.29, 1.82) is 0 Å². The smallest absolute Gasteiger partial charge is 0.417 e. The van der Waals surface area contributed by atoms with Crippen molar-refractivity contribution in [2.24, 2.45) is 5.92 Å². The number of halogens is 3. The third-order valence-electron chi connectivity index (χ3n) is 7.18. The Bertz CT molecular complexity index is 1370. The zero-order valence-electron chi connectivity index (χ0n) is 22.2. The predicted molar refractivity (Wildman–Crippen MR) is 139 cm³/mol. The SMILES string of the molecule is CC(C)CC1(O)CCN(C(=O)Nc2cc(C(F)(F)F)c3cnn(-c4ccc(C(C)(C)C(=O)O)nc4)c3c2)CC1. The lowest BCUT2D eigenvalue weighted by Crippen LogP contribution is -2.48. The zero-order valence-corrected chi connectivity index (χ0v) is 22.2. The molecule has 3 aromatic rings. The molecule has 0 radical (unpaired) electrons. The summed E-state index contributed by atoms with van der Waals surface area (Å²) in [6.07, 6.45) is -0.879. The van der Waals surface area contributed by atoms with Gasteiger partial charge in [0.05, 0.1) is 40.5 Å². The van der Waals surface area contributed by atoms with Crippen LogP contribution in [0.1, 0.15) is 58.2 Å². The first-order valence-electron chi connectivity index (χ1n) is 12.7. The number of nitrogens with one attached hydrogen (secondary N) is 1. The lowest BCUT2D eigenvalue weighted by atomic mass is 9.84. The topological polar surface area (TPSA) is 121 Å². The molecule has 9 nitrogen and oxygen atoms in total. The highest BCUT2D eigenvalue weighted by molar-refractivity contribution is 5.94. The Morgan fingerprint density at radius 3 is 2.33 bits per heavy atom. The van der Waals surface area contributed by atoms with Crippen LogP contribution >= 0.6 is 0 Å². The summed E-state index contributed by atoms with van der Waals surface area (Å²) in [5, 5.41) is 26.7. The molecule has 0 bridgehead atoms. The standard InChI is InChI=1S/C27H32F3N5O4/c1-16(2)13-26(39)7-9-34(10-8-26)24(38)33-17-11-20(27(28,29)30)19-15-32-35(21(19)12-17)18-5-6-22(31-14-18)25(3,4)23(36)37/h5-6,11-12,14-16,39H,7-10,13H2,1-4H3,(H,33,38)(H,36,37). The molecule has 3 heterocycles. The molecule has 0 aliphatic carbocycles. The van der Waals surface area contributed by atoms with Gasteiger partial charge in [-0.15, -0.1) is 0 Å². The Balaban J connectivity index is 1.64. The number of benzene rings is 1. The molecule has 2 amide bonds. The normalized spacial score (nSPS) is 16.1. The number of hydrogen-bond donors (Lipinski definition) is 3. The summed E-state index contributed by atoms with van der Waals surface area (Å²) in [5.41, 5.74) is -2.43. The minimum atomic E-state index is -4.71. The second kappa shape index (κ2) is 10.1. The Kier molecular flexibility index (Phi) is 7.37. The van der Waals surface area contributed by atoms with E-state index in [1.54, 1.807) is 0 Å². The number of alkyl halides is 3. The van der Waals surface area contributed by atoms with Crippen LogP contribution in [0.25, 0.3) is 16.6 Å². The van der Waals surface area contributed by atoms with Gasteiger partial charge in [-0.2, -0.15) is 18.3 Å². The van der Waals surface area contributed by atoms with Crippen LogP contribution in [-0.4, -0.2) is 60.6 Å². The van der Waals surface area contributed by atoms with Crippen LogP contribution in [-0.2, 0) is 16.4 Å². The number of hydrogen-bond acceptors (Lipinski definition) is 5. The van der Waals surface area contributed by atoms with Crippen molar-refractivity contribution in [1.82, 2.24) is 19.7 Å². The average molecular weight is 548 g/mol. The van der Waals surface area contributed by atoms with Crippen LogP contribution in [0, 0.1) is 5.92 Å². The average Bonchev–Trinajstić information content (AvgIpc) is 3.26. The molecule has 0 unspecified atom stereocenters. The van der Waals surface area contributed by atoms with E-state index in [9.17, 15) is 33.0 Å². The molecule has 1 fully saturated rings. The third kappa shape index (κ3) is 5.85. The molecule has 39 heavy (non-hydrogen) atoms. The van der Waals surface area contributed by atoms with Crippen LogP contribution in [0.4, 0.5) is 23.7 Å². The Morgan fingerprint density at radius 1 is 1.13 bits per heavy atom. The van der Waals surface area contributed by atoms with E-state index in [1.165, 1.54) is 47.8 Å². The molecule has 210 valence electrons. The minimum Gasteiger partial charge on any atom is -0.481 e. The van der Waals surface area contributed by atoms with Crippen LogP contribution in [0.5, 0.6) is 0 Å². The number of aromatic nitrogens is 3. The van der Waals surface area contributed by atoms with Crippen LogP contribution in [0.3, 0.4) is 0 Å². The van der Waals surface area contributed by atoms with Crippen molar-refractivity contribution in [3.63, 3.8) is 0 Å². The number of piperidine rings is 1. The molecule has 0 atom stereocenters. The second-order valence-electron chi connectivity index (χ2n) is 11.1. The number of pyridine rings is 1. The molecule has 12 heteroatoms. The van der Waals surface area contributed by atoms with Gasteiger partial charge in [0.2, 0.25) is 0 Å². The predicted octanol–water partition coefficient (Wildman–Crippen LogP) is 5.21. The number of nitrogens with zero attached hydrogens (tertiary/aromatic N) is 4. The van der Waals surface area contributed by atoms with E-state index in [-0.39, 0.29) is 35.4 Å². The fourth-order valence-electron chi connectivity index (χ4n) is 4.92. The van der Waals surface area contributed by atoms with E-state index in [0.717, 1.165) is 12.3 Å². The first-order valence-corrected chi connectivity index (χ1v) is 12.7. The van der Waals surface area contributed by atoms with Crippen molar-refractivity contribution in [3.05, 3.63) is 47.9 Å². The number of aliphatic hydroxyl groups is 1. The molecule has 3 N–H and O–H groups in total. The number of carbonyl (C=O) groups is 2. The lowest BCUT2D eigenvalue weighted by molar-refractivity contribution is -0.142. The van der Waals surface area contributed by atoms with Gasteiger partial charge in [0.25, 0.3) is 0 Å². The molecule has 1 aliphatic heterocycles. The maximum atomic E-state index is 14.0. The van der Waals surface area contributed by atoms with Crippen LogP contribution < -0.4 is 5.32 Å². The second-order valence-corrected chi connectivity index (χ2v) is 11.1. The number of carboxylic acid groups (broad SMARTS) is 1. The molecule has 0 spiro atoms. The number of amides is 2. The lowest BCUT2D eigenvalue weighted by Gasteiger charge is -2.39. The van der Waals surface area contributed by atoms with Gasteiger partial charge in [-0.3, -0.25) is 9.78 Å². The van der Waals surface area contributed by atoms with Gasteiger partial charge >= 0.3 is 18.2 Å². The molecule has 4 rings (SSSR count). The van der Waals surface area contributed by atoms with E-state index in [4.69, 9.17) is 0 Å². The van der Waals surface area contributed by atoms with Gasteiger partial charge in [-0.25, -0.2) is 9.48 Å². The van der Waals surface area contributed by atoms with Crippen molar-refractivity contribution in [3.8, 4) is 5.69 Å². The number of carboxylic acids is 1. The number of likely N-dealkylation sites (tertiary alicyclic amines) is 1. The summed E-state index contributed by atoms with van der Waals surface area (Å²) in [6.45, 7) is 7.59. The maximum Gasteiger partial charge on any atom is 0.417 e. The minimum absolute atomic E-state index is 0.0545. The molecule has 0 saturated carbocycles. The van der Waals surface area contributed by atoms with E-state index < -0.39 is 34.8 Å². The Hall–Kier alpha value is -3.67. The maximum absolute atomic E-state index is 14.0. The fraction of sp³-hybridized carbons (Fsp3) is 0.481. The summed E-state index contributed by atoms with van der Waals surface area (Å²) in [6, 6.07) is 4.75. The monoisotopic (exact) mass is 547 g/mol. The van der Waals surface area contributed by atoms with Crippen LogP contribution in [0.2, 0.25) is 0 Å². The van der Waals surface area contributed by atoms with E-state index >= 15 is 0 Å². The summed E-state index contributed by atoms with van der Waals surface area (Å²) in [5.74, 6) is -0.774. The van der Waals surface area contributed by atoms with E-state index in [0.29, 0.717) is 30.9 Å². The highest BCUT2D eigenvalue weighted by Gasteiger charge is 2.36.